The number of ether oxygens (including phenoxy) is 4. The molecule has 2 atom stereocenters. The maximum atomic E-state index is 6.18. The Morgan fingerprint density at radius 3 is 2.90 bits per heavy atom. The van der Waals surface area contributed by atoms with Crippen molar-refractivity contribution in [2.45, 2.75) is 51.5 Å². The van der Waals surface area contributed by atoms with E-state index in [4.69, 9.17) is 24.0 Å². The molecule has 1 saturated heterocycles. The van der Waals surface area contributed by atoms with E-state index < -0.39 is 0 Å². The van der Waals surface area contributed by atoms with Gasteiger partial charge in [-0.3, -0.25) is 0 Å². The quantitative estimate of drug-likeness (QED) is 0.565. The van der Waals surface area contributed by atoms with E-state index in [0.29, 0.717) is 26.4 Å². The van der Waals surface area contributed by atoms with Gasteiger partial charge in [0.2, 0.25) is 0 Å². The lowest BCUT2D eigenvalue weighted by Crippen LogP contribution is -2.19. The molecule has 4 bridgehead atoms. The molecule has 30 heavy (non-hydrogen) atoms. The van der Waals surface area contributed by atoms with Gasteiger partial charge in [-0.05, 0) is 44.4 Å². The van der Waals surface area contributed by atoms with E-state index in [0.717, 1.165) is 64.5 Å². The zero-order valence-corrected chi connectivity index (χ0v) is 18.0. The van der Waals surface area contributed by atoms with Crippen molar-refractivity contribution >= 4 is 22.2 Å². The van der Waals surface area contributed by atoms with E-state index in [2.05, 4.69) is 24.0 Å². The van der Waals surface area contributed by atoms with Gasteiger partial charge in [-0.25, -0.2) is 9.67 Å². The number of fused-ring (bicyclic) bond motifs is 4. The molecule has 0 radical (unpaired) electrons. The summed E-state index contributed by atoms with van der Waals surface area (Å²) in [6.45, 7) is 5.13. The van der Waals surface area contributed by atoms with Gasteiger partial charge in [0.25, 0.3) is 0 Å². The molecule has 0 amide bonds. The van der Waals surface area contributed by atoms with Gasteiger partial charge in [0.15, 0.2) is 6.23 Å². The van der Waals surface area contributed by atoms with Gasteiger partial charge in [0.05, 0.1) is 42.9 Å². The van der Waals surface area contributed by atoms with Crippen LogP contribution < -0.4 is 4.74 Å². The first-order valence-electron chi connectivity index (χ1n) is 10.7. The zero-order valence-electron chi connectivity index (χ0n) is 17.2. The number of hydrogen-bond donors (Lipinski definition) is 0. The predicted molar refractivity (Wildman–Crippen MR) is 115 cm³/mol. The fraction of sp³-hybridized carbons (Fsp3) is 0.545. The Morgan fingerprint density at radius 2 is 2.00 bits per heavy atom. The van der Waals surface area contributed by atoms with Crippen LogP contribution >= 0.6 is 11.3 Å². The molecular weight excluding hydrogens is 402 g/mol. The van der Waals surface area contributed by atoms with Crippen molar-refractivity contribution in [2.24, 2.45) is 0 Å². The summed E-state index contributed by atoms with van der Waals surface area (Å²) in [5.41, 5.74) is 1.99. The molecule has 2 aliphatic rings. The average Bonchev–Trinajstić information content (AvgIpc) is 3.37. The van der Waals surface area contributed by atoms with Crippen molar-refractivity contribution in [1.82, 2.24) is 14.8 Å². The molecule has 1 unspecified atom stereocenters. The van der Waals surface area contributed by atoms with E-state index in [-0.39, 0.29) is 12.3 Å². The van der Waals surface area contributed by atoms with Gasteiger partial charge in [-0.2, -0.15) is 5.10 Å². The molecule has 2 aliphatic heterocycles. The Morgan fingerprint density at radius 1 is 1.07 bits per heavy atom. The lowest BCUT2D eigenvalue weighted by atomic mass is 10.1. The van der Waals surface area contributed by atoms with Gasteiger partial charge >= 0.3 is 0 Å². The molecule has 8 heteroatoms. The van der Waals surface area contributed by atoms with Gasteiger partial charge in [-0.1, -0.05) is 0 Å². The van der Waals surface area contributed by atoms with Crippen LogP contribution in [0, 0.1) is 0 Å². The highest BCUT2D eigenvalue weighted by atomic mass is 32.1. The van der Waals surface area contributed by atoms with Crippen molar-refractivity contribution in [2.75, 3.05) is 26.4 Å². The standard InChI is InChI=1S/C22H27N3O4S/c1-15-7-9-26-10-11-27-14-20-23-13-19(30-20)22-17-12-16(29-15)5-6-18(17)25(24-22)21-4-2-3-8-28-21/h5-6,12-13,15,21H,2-4,7-11,14H2,1H3/t15-,21?/m0/s1. The Labute approximate surface area is 179 Å². The number of rotatable bonds is 1. The van der Waals surface area contributed by atoms with E-state index in [9.17, 15) is 0 Å². The van der Waals surface area contributed by atoms with Gasteiger partial charge < -0.3 is 18.9 Å². The molecule has 3 aromatic rings. The van der Waals surface area contributed by atoms with Crippen molar-refractivity contribution < 1.29 is 18.9 Å². The monoisotopic (exact) mass is 429 g/mol. The third kappa shape index (κ3) is 4.23. The first-order chi connectivity index (χ1) is 14.8. The summed E-state index contributed by atoms with van der Waals surface area (Å²) in [5, 5.41) is 6.99. The highest BCUT2D eigenvalue weighted by Crippen LogP contribution is 2.37. The minimum Gasteiger partial charge on any atom is -0.491 e. The average molecular weight is 430 g/mol. The van der Waals surface area contributed by atoms with E-state index >= 15 is 0 Å². The topological polar surface area (TPSA) is 67.6 Å². The summed E-state index contributed by atoms with van der Waals surface area (Å²) in [6, 6.07) is 6.21. The smallest absolute Gasteiger partial charge is 0.150 e. The van der Waals surface area contributed by atoms with Crippen LogP contribution in [-0.2, 0) is 20.8 Å². The van der Waals surface area contributed by atoms with Gasteiger partial charge in [0, 0.05) is 24.6 Å². The second kappa shape index (κ2) is 9.01. The van der Waals surface area contributed by atoms with Gasteiger partial charge in [-0.15, -0.1) is 11.3 Å². The van der Waals surface area contributed by atoms with Gasteiger partial charge in [0.1, 0.15) is 16.5 Å². The minimum absolute atomic E-state index is 0.0253. The summed E-state index contributed by atoms with van der Waals surface area (Å²) in [5.74, 6) is 0.848. The molecule has 2 aromatic heterocycles. The van der Waals surface area contributed by atoms with Crippen LogP contribution in [0.3, 0.4) is 0 Å². The van der Waals surface area contributed by atoms with Crippen LogP contribution in [0.25, 0.3) is 21.5 Å². The number of nitrogens with zero attached hydrogens (tertiary/aromatic N) is 3. The van der Waals surface area contributed by atoms with Crippen molar-refractivity contribution in [3.05, 3.63) is 29.4 Å². The fourth-order valence-electron chi connectivity index (χ4n) is 3.92. The molecule has 0 saturated carbocycles. The summed E-state index contributed by atoms with van der Waals surface area (Å²) < 4.78 is 25.6. The van der Waals surface area contributed by atoms with E-state index in [1.807, 2.05) is 16.9 Å². The molecular formula is C22H27N3O4S. The van der Waals surface area contributed by atoms with Crippen LogP contribution in [0.1, 0.15) is 43.8 Å². The fourth-order valence-corrected chi connectivity index (χ4v) is 4.77. The molecule has 0 N–H and O–H groups in total. The highest BCUT2D eigenvalue weighted by molar-refractivity contribution is 7.15. The third-order valence-corrected chi connectivity index (χ3v) is 6.47. The number of thiazole rings is 1. The second-order valence-corrected chi connectivity index (χ2v) is 8.91. The Kier molecular flexibility index (Phi) is 5.99. The summed E-state index contributed by atoms with van der Waals surface area (Å²) in [7, 11) is 0. The first kappa shape index (κ1) is 19.9. The Bertz CT molecular complexity index is 996. The molecule has 0 aliphatic carbocycles. The van der Waals surface area contributed by atoms with Crippen molar-refractivity contribution in [1.29, 1.82) is 0 Å². The van der Waals surface area contributed by atoms with E-state index in [1.165, 1.54) is 0 Å². The van der Waals surface area contributed by atoms with Crippen LogP contribution in [0.15, 0.2) is 24.4 Å². The van der Waals surface area contributed by atoms with Crippen LogP contribution in [-0.4, -0.2) is 47.3 Å². The Hall–Kier alpha value is -2.00. The SMILES string of the molecule is C[C@H]1CCOCCOCc2ncc(s2)-c2nn(C3CCCCO3)c3ccc(cc23)O1. The lowest BCUT2D eigenvalue weighted by Gasteiger charge is -2.23. The summed E-state index contributed by atoms with van der Waals surface area (Å²) in [4.78, 5) is 5.58. The van der Waals surface area contributed by atoms with E-state index in [1.54, 1.807) is 11.3 Å². The molecule has 1 aromatic carbocycles. The maximum Gasteiger partial charge on any atom is 0.150 e. The molecule has 1 fully saturated rings. The normalized spacial score (nSPS) is 23.5. The second-order valence-electron chi connectivity index (χ2n) is 7.79. The van der Waals surface area contributed by atoms with Crippen LogP contribution in [0.5, 0.6) is 5.75 Å². The maximum absolute atomic E-state index is 6.18. The third-order valence-electron chi connectivity index (χ3n) is 5.50. The molecule has 5 rings (SSSR count). The molecule has 7 nitrogen and oxygen atoms in total. The zero-order chi connectivity index (χ0) is 20.3. The van der Waals surface area contributed by atoms with Crippen LogP contribution in [0.2, 0.25) is 0 Å². The predicted octanol–water partition coefficient (Wildman–Crippen LogP) is 4.56. The highest BCUT2D eigenvalue weighted by Gasteiger charge is 2.23. The first-order valence-corrected chi connectivity index (χ1v) is 11.5. The number of benzene rings is 1. The molecule has 0 spiro atoms. The Balaban J connectivity index is 1.57. The minimum atomic E-state index is -0.0253. The summed E-state index contributed by atoms with van der Waals surface area (Å²) >= 11 is 1.62. The van der Waals surface area contributed by atoms with Crippen molar-refractivity contribution in [3.8, 4) is 16.3 Å². The number of aromatic nitrogens is 3. The largest absolute Gasteiger partial charge is 0.491 e. The lowest BCUT2D eigenvalue weighted by molar-refractivity contribution is -0.0365. The number of hydrogen-bond acceptors (Lipinski definition) is 7. The molecule has 160 valence electrons. The molecule has 4 heterocycles. The van der Waals surface area contributed by atoms with Crippen LogP contribution in [0.4, 0.5) is 0 Å². The summed E-state index contributed by atoms with van der Waals surface area (Å²) in [6.07, 6.45) is 6.00. The van der Waals surface area contributed by atoms with Crippen molar-refractivity contribution in [3.63, 3.8) is 0 Å².